The molecule has 3 aliphatic rings. The number of hydrogen-bond donors (Lipinski definition) is 1. The average Bonchev–Trinajstić information content (AvgIpc) is 3.63. The van der Waals surface area contributed by atoms with Crippen LogP contribution in [-0.4, -0.2) is 55.5 Å². The van der Waals surface area contributed by atoms with Crippen LogP contribution in [0.25, 0.3) is 0 Å². The quantitative estimate of drug-likeness (QED) is 0.369. The number of carbonyl (C=O) groups is 1. The molecule has 35 heavy (non-hydrogen) atoms. The van der Waals surface area contributed by atoms with Gasteiger partial charge in [-0.05, 0) is 61.9 Å². The number of nitriles is 1. The van der Waals surface area contributed by atoms with E-state index in [1.807, 2.05) is 0 Å². The largest absolute Gasteiger partial charge is 0.416 e. The lowest BCUT2D eigenvalue weighted by Crippen LogP contribution is -2.47. The van der Waals surface area contributed by atoms with Crippen molar-refractivity contribution in [3.8, 4) is 6.07 Å². The van der Waals surface area contributed by atoms with Crippen LogP contribution < -0.4 is 10.2 Å². The SMILES string of the molecule is N#CCCCC(=O)C1NC1CC1CCC(CCN2CCN(c3ccc(C(F)(F)F)cc3)CC2)CC1. The Bertz CT molecular complexity index is 866. The van der Waals surface area contributed by atoms with Gasteiger partial charge in [0.05, 0.1) is 17.7 Å². The molecule has 0 amide bonds. The van der Waals surface area contributed by atoms with Crippen LogP contribution in [0, 0.1) is 23.2 Å². The standard InChI is InChI=1S/C27H37F3N4O/c28-27(29,30)22-8-10-23(11-9-22)34-17-15-33(16-18-34)14-12-20-4-6-21(7-5-20)19-24-26(32-24)25(35)3-1-2-13-31/h8-11,20-21,24,26,32H,1-7,12,14-19H2. The molecule has 1 aromatic rings. The minimum Gasteiger partial charge on any atom is -0.369 e. The molecule has 0 bridgehead atoms. The van der Waals surface area contributed by atoms with Gasteiger partial charge in [0.1, 0.15) is 0 Å². The third-order valence-corrected chi connectivity index (χ3v) is 8.08. The van der Waals surface area contributed by atoms with E-state index < -0.39 is 11.7 Å². The number of anilines is 1. The second kappa shape index (κ2) is 11.7. The van der Waals surface area contributed by atoms with Gasteiger partial charge in [0.25, 0.3) is 0 Å². The third kappa shape index (κ3) is 7.44. The Morgan fingerprint density at radius 2 is 1.69 bits per heavy atom. The molecule has 8 heteroatoms. The van der Waals surface area contributed by atoms with Crippen LogP contribution in [0.3, 0.4) is 0 Å². The number of hydrogen-bond acceptors (Lipinski definition) is 5. The monoisotopic (exact) mass is 490 g/mol. The highest BCUT2D eigenvalue weighted by Crippen LogP contribution is 2.36. The minimum absolute atomic E-state index is 0.0349. The summed E-state index contributed by atoms with van der Waals surface area (Å²) in [6.45, 7) is 4.70. The fourth-order valence-electron chi connectivity index (χ4n) is 5.76. The van der Waals surface area contributed by atoms with E-state index in [4.69, 9.17) is 5.26 Å². The van der Waals surface area contributed by atoms with Crippen molar-refractivity contribution in [1.82, 2.24) is 10.2 Å². The lowest BCUT2D eigenvalue weighted by molar-refractivity contribution is -0.137. The Labute approximate surface area is 206 Å². The zero-order valence-corrected chi connectivity index (χ0v) is 20.4. The molecule has 4 rings (SSSR count). The number of carbonyl (C=O) groups excluding carboxylic acids is 1. The number of alkyl halides is 3. The second-order valence-corrected chi connectivity index (χ2v) is 10.5. The van der Waals surface area contributed by atoms with Gasteiger partial charge in [-0.3, -0.25) is 9.69 Å². The predicted octanol–water partition coefficient (Wildman–Crippen LogP) is 5.02. The van der Waals surface area contributed by atoms with Crippen LogP contribution in [0.5, 0.6) is 0 Å². The number of rotatable bonds is 10. The number of nitrogens with one attached hydrogen (secondary N) is 1. The summed E-state index contributed by atoms with van der Waals surface area (Å²) in [5.41, 5.74) is 0.274. The summed E-state index contributed by atoms with van der Waals surface area (Å²) in [5, 5.41) is 12.0. The number of halogens is 3. The van der Waals surface area contributed by atoms with Crippen molar-refractivity contribution in [1.29, 1.82) is 5.26 Å². The normalized spacial score (nSPS) is 27.4. The molecule has 1 saturated carbocycles. The Morgan fingerprint density at radius 3 is 2.31 bits per heavy atom. The molecule has 0 radical (unpaired) electrons. The van der Waals surface area contributed by atoms with E-state index in [-0.39, 0.29) is 11.8 Å². The number of unbranched alkanes of at least 4 members (excludes halogenated alkanes) is 1. The summed E-state index contributed by atoms with van der Waals surface area (Å²) in [6.07, 6.45) is 4.73. The summed E-state index contributed by atoms with van der Waals surface area (Å²) < 4.78 is 38.3. The molecule has 2 unspecified atom stereocenters. The van der Waals surface area contributed by atoms with Crippen molar-refractivity contribution in [2.45, 2.75) is 76.0 Å². The van der Waals surface area contributed by atoms with Gasteiger partial charge >= 0.3 is 6.18 Å². The molecule has 0 spiro atoms. The van der Waals surface area contributed by atoms with Gasteiger partial charge in [-0.1, -0.05) is 25.7 Å². The Hall–Kier alpha value is -2.11. The first kappa shape index (κ1) is 26.0. The molecule has 5 nitrogen and oxygen atoms in total. The van der Waals surface area contributed by atoms with Gasteiger partial charge in [0, 0.05) is 50.7 Å². The molecular weight excluding hydrogens is 453 g/mol. The number of Topliss-reactive ketones (excluding diaryl/α,β-unsaturated/α-hetero) is 1. The van der Waals surface area contributed by atoms with E-state index in [0.717, 1.165) is 50.7 Å². The van der Waals surface area contributed by atoms with Crippen molar-refractivity contribution in [3.05, 3.63) is 29.8 Å². The molecule has 2 atom stereocenters. The third-order valence-electron chi connectivity index (χ3n) is 8.08. The lowest BCUT2D eigenvalue weighted by Gasteiger charge is -2.37. The first-order valence-electron chi connectivity index (χ1n) is 13.1. The topological polar surface area (TPSA) is 69.3 Å². The maximum atomic E-state index is 12.8. The summed E-state index contributed by atoms with van der Waals surface area (Å²) in [4.78, 5) is 16.8. The van der Waals surface area contributed by atoms with Crippen molar-refractivity contribution in [3.63, 3.8) is 0 Å². The van der Waals surface area contributed by atoms with E-state index in [9.17, 15) is 18.0 Å². The fourth-order valence-corrected chi connectivity index (χ4v) is 5.76. The number of nitrogens with zero attached hydrogens (tertiary/aromatic N) is 3. The first-order valence-corrected chi connectivity index (χ1v) is 13.1. The van der Waals surface area contributed by atoms with Crippen molar-refractivity contribution in [2.75, 3.05) is 37.6 Å². The van der Waals surface area contributed by atoms with Gasteiger partial charge in [-0.25, -0.2) is 0 Å². The van der Waals surface area contributed by atoms with Gasteiger partial charge in [0.15, 0.2) is 5.78 Å². The molecule has 1 aliphatic carbocycles. The molecule has 3 fully saturated rings. The predicted molar refractivity (Wildman–Crippen MR) is 130 cm³/mol. The average molecular weight is 491 g/mol. The number of piperazine rings is 1. The van der Waals surface area contributed by atoms with Crippen LogP contribution in [0.2, 0.25) is 0 Å². The van der Waals surface area contributed by atoms with E-state index in [1.165, 1.54) is 44.2 Å². The highest BCUT2D eigenvalue weighted by atomic mass is 19.4. The Kier molecular flexibility index (Phi) is 8.72. The van der Waals surface area contributed by atoms with Crippen LogP contribution >= 0.6 is 0 Å². The minimum atomic E-state index is -4.29. The zero-order valence-electron chi connectivity index (χ0n) is 20.4. The van der Waals surface area contributed by atoms with Gasteiger partial charge < -0.3 is 10.2 Å². The molecule has 2 heterocycles. The Morgan fingerprint density at radius 1 is 1.03 bits per heavy atom. The molecule has 1 N–H and O–H groups in total. The van der Waals surface area contributed by atoms with E-state index in [1.54, 1.807) is 12.1 Å². The van der Waals surface area contributed by atoms with Crippen LogP contribution in [0.1, 0.15) is 63.4 Å². The second-order valence-electron chi connectivity index (χ2n) is 10.5. The van der Waals surface area contributed by atoms with Crippen LogP contribution in [0.15, 0.2) is 24.3 Å². The fraction of sp³-hybridized carbons (Fsp3) is 0.704. The first-order chi connectivity index (χ1) is 16.8. The number of benzene rings is 1. The van der Waals surface area contributed by atoms with E-state index >= 15 is 0 Å². The highest BCUT2D eigenvalue weighted by molar-refractivity contribution is 5.87. The van der Waals surface area contributed by atoms with Gasteiger partial charge in [-0.15, -0.1) is 0 Å². The van der Waals surface area contributed by atoms with Crippen LogP contribution in [0.4, 0.5) is 18.9 Å². The Balaban J connectivity index is 1.09. The summed E-state index contributed by atoms with van der Waals surface area (Å²) in [5.74, 6) is 1.76. The van der Waals surface area contributed by atoms with Crippen LogP contribution in [-0.2, 0) is 11.0 Å². The van der Waals surface area contributed by atoms with Crippen molar-refractivity contribution < 1.29 is 18.0 Å². The highest BCUT2D eigenvalue weighted by Gasteiger charge is 2.42. The van der Waals surface area contributed by atoms with Gasteiger partial charge in [-0.2, -0.15) is 18.4 Å². The molecule has 0 aromatic heterocycles. The number of ketones is 1. The van der Waals surface area contributed by atoms with Crippen molar-refractivity contribution >= 4 is 11.5 Å². The van der Waals surface area contributed by atoms with Gasteiger partial charge in [0.2, 0.25) is 0 Å². The molecule has 2 saturated heterocycles. The molecular formula is C27H37F3N4O. The van der Waals surface area contributed by atoms with E-state index in [2.05, 4.69) is 21.2 Å². The smallest absolute Gasteiger partial charge is 0.369 e. The molecule has 192 valence electrons. The van der Waals surface area contributed by atoms with Crippen molar-refractivity contribution in [2.24, 2.45) is 11.8 Å². The summed E-state index contributed by atoms with van der Waals surface area (Å²) >= 11 is 0. The maximum Gasteiger partial charge on any atom is 0.416 e. The van der Waals surface area contributed by atoms with E-state index in [0.29, 0.717) is 31.2 Å². The zero-order chi connectivity index (χ0) is 24.8. The maximum absolute atomic E-state index is 12.8. The summed E-state index contributed by atoms with van der Waals surface area (Å²) in [7, 11) is 0. The lowest BCUT2D eigenvalue weighted by atomic mass is 9.78. The molecule has 2 aliphatic heterocycles. The molecule has 1 aromatic carbocycles. The summed E-state index contributed by atoms with van der Waals surface area (Å²) in [6, 6.07) is 8.00.